The Balaban J connectivity index is 1.90. The van der Waals surface area contributed by atoms with Crippen molar-refractivity contribution in [1.29, 1.82) is 0 Å². The first kappa shape index (κ1) is 15.1. The second-order valence-electron chi connectivity index (χ2n) is 4.55. The lowest BCUT2D eigenvalue weighted by Crippen LogP contribution is -2.06. The van der Waals surface area contributed by atoms with Gasteiger partial charge in [0.1, 0.15) is 11.6 Å². The van der Waals surface area contributed by atoms with E-state index in [1.807, 2.05) is 31.2 Å². The molecule has 2 aromatic carbocycles. The van der Waals surface area contributed by atoms with Crippen molar-refractivity contribution in [2.24, 2.45) is 0 Å². The molecule has 0 aliphatic carbocycles. The molecule has 1 nitrogen and oxygen atoms in total. The normalized spacial score (nSPS) is 10.6. The first-order valence-electron chi connectivity index (χ1n) is 6.19. The van der Waals surface area contributed by atoms with Crippen LogP contribution in [0, 0.1) is 12.7 Å². The molecule has 0 N–H and O–H groups in total. The zero-order chi connectivity index (χ0) is 14.5. The van der Waals surface area contributed by atoms with Crippen molar-refractivity contribution in [3.8, 4) is 0 Å². The van der Waals surface area contributed by atoms with Crippen molar-refractivity contribution in [3.63, 3.8) is 0 Å². The molecule has 0 radical (unpaired) electrons. The molecule has 0 unspecified atom stereocenters. The monoisotopic (exact) mass is 308 g/mol. The number of halogens is 2. The predicted octanol–water partition coefficient (Wildman–Crippen LogP) is 4.69. The SMILES string of the molecule is Cc1ccc(SCC(=O)Cc2ccc(F)cc2Cl)cc1. The summed E-state index contributed by atoms with van der Waals surface area (Å²) in [5.74, 6) is 0.0702. The van der Waals surface area contributed by atoms with Crippen LogP contribution in [0.15, 0.2) is 47.4 Å². The fourth-order valence-electron chi connectivity index (χ4n) is 1.73. The van der Waals surface area contributed by atoms with E-state index in [9.17, 15) is 9.18 Å². The third-order valence-electron chi connectivity index (χ3n) is 2.82. The minimum absolute atomic E-state index is 0.0732. The van der Waals surface area contributed by atoms with Gasteiger partial charge in [-0.2, -0.15) is 0 Å². The molecule has 0 saturated heterocycles. The first-order chi connectivity index (χ1) is 9.54. The summed E-state index contributed by atoms with van der Waals surface area (Å²) in [7, 11) is 0. The highest BCUT2D eigenvalue weighted by Gasteiger charge is 2.08. The van der Waals surface area contributed by atoms with Gasteiger partial charge >= 0.3 is 0 Å². The van der Waals surface area contributed by atoms with Gasteiger partial charge in [0.05, 0.1) is 5.75 Å². The van der Waals surface area contributed by atoms with Gasteiger partial charge in [0.2, 0.25) is 0 Å². The molecule has 0 amide bonds. The molecule has 0 fully saturated rings. The number of hydrogen-bond acceptors (Lipinski definition) is 2. The second kappa shape index (κ2) is 6.91. The van der Waals surface area contributed by atoms with Crippen molar-refractivity contribution in [3.05, 3.63) is 64.4 Å². The first-order valence-corrected chi connectivity index (χ1v) is 7.56. The van der Waals surface area contributed by atoms with Crippen LogP contribution >= 0.6 is 23.4 Å². The maximum absolute atomic E-state index is 12.9. The van der Waals surface area contributed by atoms with Crippen molar-refractivity contribution < 1.29 is 9.18 Å². The Morgan fingerprint density at radius 3 is 2.55 bits per heavy atom. The molecule has 0 aromatic heterocycles. The maximum atomic E-state index is 12.9. The number of Topliss-reactive ketones (excluding diaryl/α,β-unsaturated/α-hetero) is 1. The molecular formula is C16H14ClFOS. The van der Waals surface area contributed by atoms with Crippen LogP contribution in [0.3, 0.4) is 0 Å². The van der Waals surface area contributed by atoms with E-state index in [0.29, 0.717) is 16.3 Å². The summed E-state index contributed by atoms with van der Waals surface area (Å²) in [6.07, 6.45) is 0.234. The van der Waals surface area contributed by atoms with Crippen molar-refractivity contribution in [2.75, 3.05) is 5.75 Å². The van der Waals surface area contributed by atoms with Gasteiger partial charge in [-0.3, -0.25) is 4.79 Å². The minimum atomic E-state index is -0.389. The minimum Gasteiger partial charge on any atom is -0.298 e. The topological polar surface area (TPSA) is 17.1 Å². The Bertz CT molecular complexity index is 610. The molecule has 104 valence electrons. The van der Waals surface area contributed by atoms with E-state index in [4.69, 9.17) is 11.6 Å². The zero-order valence-electron chi connectivity index (χ0n) is 11.0. The van der Waals surface area contributed by atoms with Crippen molar-refractivity contribution in [2.45, 2.75) is 18.2 Å². The summed E-state index contributed by atoms with van der Waals surface area (Å²) in [5, 5.41) is 0.304. The molecule has 0 atom stereocenters. The number of rotatable bonds is 5. The number of thioether (sulfide) groups is 1. The third kappa shape index (κ3) is 4.36. The summed E-state index contributed by atoms with van der Waals surface area (Å²) in [6.45, 7) is 2.02. The maximum Gasteiger partial charge on any atom is 0.147 e. The van der Waals surface area contributed by atoms with Crippen LogP contribution in [-0.2, 0) is 11.2 Å². The summed E-state index contributed by atoms with van der Waals surface area (Å²) < 4.78 is 12.9. The van der Waals surface area contributed by atoms with Gasteiger partial charge in [-0.15, -0.1) is 11.8 Å². The molecule has 0 heterocycles. The van der Waals surface area contributed by atoms with E-state index in [1.165, 1.54) is 29.5 Å². The fourth-order valence-corrected chi connectivity index (χ4v) is 2.72. The summed E-state index contributed by atoms with van der Waals surface area (Å²) in [6, 6.07) is 12.1. The van der Waals surface area contributed by atoms with E-state index < -0.39 is 0 Å². The Hall–Kier alpha value is -1.32. The lowest BCUT2D eigenvalue weighted by atomic mass is 10.1. The van der Waals surface area contributed by atoms with Crippen molar-refractivity contribution >= 4 is 29.1 Å². The highest BCUT2D eigenvalue weighted by atomic mass is 35.5. The van der Waals surface area contributed by atoms with E-state index in [0.717, 1.165) is 4.90 Å². The molecule has 0 bridgehead atoms. The molecular weight excluding hydrogens is 295 g/mol. The quantitative estimate of drug-likeness (QED) is 0.745. The number of hydrogen-bond donors (Lipinski definition) is 0. The largest absolute Gasteiger partial charge is 0.298 e. The number of benzene rings is 2. The van der Waals surface area contributed by atoms with Crippen LogP contribution in [0.5, 0.6) is 0 Å². The Morgan fingerprint density at radius 2 is 1.90 bits per heavy atom. The van der Waals surface area contributed by atoms with E-state index in [2.05, 4.69) is 0 Å². The Morgan fingerprint density at radius 1 is 1.20 bits per heavy atom. The van der Waals surface area contributed by atoms with Gasteiger partial charge < -0.3 is 0 Å². The predicted molar refractivity (Wildman–Crippen MR) is 82.0 cm³/mol. The van der Waals surface area contributed by atoms with Crippen LogP contribution in [0.25, 0.3) is 0 Å². The zero-order valence-corrected chi connectivity index (χ0v) is 12.6. The third-order valence-corrected chi connectivity index (χ3v) is 4.25. The van der Waals surface area contributed by atoms with Crippen LogP contribution in [0.2, 0.25) is 5.02 Å². The number of aryl methyl sites for hydroxylation is 1. The van der Waals surface area contributed by atoms with Crippen LogP contribution in [0.1, 0.15) is 11.1 Å². The summed E-state index contributed by atoms with van der Waals surface area (Å²) in [4.78, 5) is 13.0. The average Bonchev–Trinajstić information content (AvgIpc) is 2.41. The second-order valence-corrected chi connectivity index (χ2v) is 6.01. The van der Waals surface area contributed by atoms with Crippen LogP contribution in [0.4, 0.5) is 4.39 Å². The highest BCUT2D eigenvalue weighted by molar-refractivity contribution is 8.00. The summed E-state index contributed by atoms with van der Waals surface area (Å²) in [5.41, 5.74) is 1.86. The Labute approximate surface area is 127 Å². The number of carbonyl (C=O) groups is 1. The molecule has 2 rings (SSSR count). The number of ketones is 1. The molecule has 0 saturated carbocycles. The molecule has 4 heteroatoms. The number of carbonyl (C=O) groups excluding carboxylic acids is 1. The van der Waals surface area contributed by atoms with Gasteiger partial charge in [0.25, 0.3) is 0 Å². The summed E-state index contributed by atoms with van der Waals surface area (Å²) >= 11 is 7.41. The Kier molecular flexibility index (Phi) is 5.21. The van der Waals surface area contributed by atoms with Gasteiger partial charge in [-0.1, -0.05) is 35.4 Å². The smallest absolute Gasteiger partial charge is 0.147 e. The van der Waals surface area contributed by atoms with Crippen LogP contribution in [-0.4, -0.2) is 11.5 Å². The lowest BCUT2D eigenvalue weighted by molar-refractivity contribution is -0.116. The van der Waals surface area contributed by atoms with Crippen molar-refractivity contribution in [1.82, 2.24) is 0 Å². The highest BCUT2D eigenvalue weighted by Crippen LogP contribution is 2.21. The average molecular weight is 309 g/mol. The van der Waals surface area contributed by atoms with Gasteiger partial charge in [0.15, 0.2) is 0 Å². The van der Waals surface area contributed by atoms with Gasteiger partial charge in [-0.05, 0) is 36.8 Å². The lowest BCUT2D eigenvalue weighted by Gasteiger charge is -2.04. The van der Waals surface area contributed by atoms with Gasteiger partial charge in [0, 0.05) is 16.3 Å². The van der Waals surface area contributed by atoms with Crippen LogP contribution < -0.4 is 0 Å². The molecule has 0 spiro atoms. The molecule has 0 aliphatic heterocycles. The van der Waals surface area contributed by atoms with Gasteiger partial charge in [-0.25, -0.2) is 4.39 Å². The van der Waals surface area contributed by atoms with E-state index >= 15 is 0 Å². The standard InChI is InChI=1S/C16H14ClFOS/c1-11-2-6-15(7-3-11)20-10-14(19)8-12-4-5-13(18)9-16(12)17/h2-7,9H,8,10H2,1H3. The molecule has 20 heavy (non-hydrogen) atoms. The van der Waals surface area contributed by atoms with E-state index in [1.54, 1.807) is 6.07 Å². The van der Waals surface area contributed by atoms with E-state index in [-0.39, 0.29) is 18.0 Å². The molecule has 0 aliphatic rings. The fraction of sp³-hybridized carbons (Fsp3) is 0.188. The molecule has 2 aromatic rings.